The smallest absolute Gasteiger partial charge is 0.340 e. The van der Waals surface area contributed by atoms with Crippen LogP contribution in [0.5, 0.6) is 0 Å². The first-order valence-electron chi connectivity index (χ1n) is 6.80. The number of nitro groups is 1. The number of benzene rings is 2. The molecule has 0 N–H and O–H groups in total. The van der Waals surface area contributed by atoms with Gasteiger partial charge in [-0.1, -0.05) is 12.1 Å². The molecule has 120 valence electrons. The summed E-state index contributed by atoms with van der Waals surface area (Å²) in [6, 6.07) is 9.42. The maximum atomic E-state index is 12.5. The van der Waals surface area contributed by atoms with Gasteiger partial charge in [0.2, 0.25) is 0 Å². The fraction of sp³-hybridized carbons (Fsp3) is 0.0625. The monoisotopic (exact) mass is 326 g/mol. The minimum absolute atomic E-state index is 0.113. The number of imide groups is 1. The van der Waals surface area contributed by atoms with Crippen molar-refractivity contribution < 1.29 is 24.0 Å². The predicted molar refractivity (Wildman–Crippen MR) is 82.0 cm³/mol. The number of rotatable bonds is 3. The summed E-state index contributed by atoms with van der Waals surface area (Å²) in [5, 5.41) is 11.0. The van der Waals surface area contributed by atoms with E-state index in [1.807, 2.05) is 0 Å². The molecular formula is C16H10N2O6. The number of carbonyl (C=O) groups excluding carboxylic acids is 3. The molecule has 0 fully saturated rings. The minimum Gasteiger partial charge on any atom is -0.465 e. The topological polar surface area (TPSA) is 107 Å². The SMILES string of the molecule is COC(=O)c1ccc([N+](=O)[O-])cc1N1C(=O)c2ccccc2C1=O. The van der Waals surface area contributed by atoms with E-state index in [0.29, 0.717) is 0 Å². The summed E-state index contributed by atoms with van der Waals surface area (Å²) in [5.74, 6) is -2.11. The number of hydrogen-bond acceptors (Lipinski definition) is 6. The van der Waals surface area contributed by atoms with Gasteiger partial charge in [0, 0.05) is 12.1 Å². The van der Waals surface area contributed by atoms with E-state index in [9.17, 15) is 24.5 Å². The Morgan fingerprint density at radius 3 is 2.17 bits per heavy atom. The lowest BCUT2D eigenvalue weighted by molar-refractivity contribution is -0.384. The van der Waals surface area contributed by atoms with Crippen LogP contribution in [-0.4, -0.2) is 29.8 Å². The number of hydrogen-bond donors (Lipinski definition) is 0. The molecule has 0 bridgehead atoms. The summed E-state index contributed by atoms with van der Waals surface area (Å²) in [5.41, 5.74) is -0.302. The molecule has 24 heavy (non-hydrogen) atoms. The van der Waals surface area contributed by atoms with Crippen molar-refractivity contribution in [2.75, 3.05) is 12.0 Å². The molecule has 0 radical (unpaired) electrons. The number of amides is 2. The third kappa shape index (κ3) is 2.21. The normalized spacial score (nSPS) is 13.0. The average Bonchev–Trinajstić information content (AvgIpc) is 2.85. The van der Waals surface area contributed by atoms with Crippen molar-refractivity contribution in [1.29, 1.82) is 0 Å². The first-order valence-corrected chi connectivity index (χ1v) is 6.80. The van der Waals surface area contributed by atoms with Crippen LogP contribution >= 0.6 is 0 Å². The molecule has 2 aromatic rings. The second-order valence-corrected chi connectivity index (χ2v) is 4.94. The Hall–Kier alpha value is -3.55. The lowest BCUT2D eigenvalue weighted by Gasteiger charge is -2.16. The van der Waals surface area contributed by atoms with Gasteiger partial charge in [-0.05, 0) is 18.2 Å². The van der Waals surface area contributed by atoms with Crippen molar-refractivity contribution in [3.63, 3.8) is 0 Å². The molecule has 0 aromatic heterocycles. The van der Waals surface area contributed by atoms with Crippen LogP contribution in [-0.2, 0) is 4.74 Å². The van der Waals surface area contributed by atoms with Gasteiger partial charge in [-0.3, -0.25) is 19.7 Å². The van der Waals surface area contributed by atoms with Crippen LogP contribution in [0.1, 0.15) is 31.1 Å². The molecule has 2 aromatic carbocycles. The minimum atomic E-state index is -0.809. The van der Waals surface area contributed by atoms with Crippen LogP contribution in [0.15, 0.2) is 42.5 Å². The zero-order valence-corrected chi connectivity index (χ0v) is 12.4. The first kappa shape index (κ1) is 15.3. The highest BCUT2D eigenvalue weighted by atomic mass is 16.6. The highest BCUT2D eigenvalue weighted by Gasteiger charge is 2.39. The third-order valence-corrected chi connectivity index (χ3v) is 3.63. The molecule has 0 atom stereocenters. The van der Waals surface area contributed by atoms with Crippen molar-refractivity contribution in [2.45, 2.75) is 0 Å². The van der Waals surface area contributed by atoms with Gasteiger partial charge in [0.1, 0.15) is 0 Å². The van der Waals surface area contributed by atoms with E-state index in [-0.39, 0.29) is 28.1 Å². The lowest BCUT2D eigenvalue weighted by atomic mass is 10.1. The summed E-state index contributed by atoms with van der Waals surface area (Å²) in [4.78, 5) is 48.1. The molecule has 0 spiro atoms. The second-order valence-electron chi connectivity index (χ2n) is 4.94. The van der Waals surface area contributed by atoms with E-state index in [0.717, 1.165) is 30.2 Å². The van der Waals surface area contributed by atoms with E-state index in [4.69, 9.17) is 0 Å². The summed E-state index contributed by atoms with van der Waals surface area (Å²) < 4.78 is 4.63. The Kier molecular flexibility index (Phi) is 3.57. The van der Waals surface area contributed by atoms with Gasteiger partial charge in [-0.2, -0.15) is 0 Å². The molecule has 0 unspecified atom stereocenters. The molecular weight excluding hydrogens is 316 g/mol. The number of esters is 1. The van der Waals surface area contributed by atoms with Crippen LogP contribution < -0.4 is 4.90 Å². The van der Waals surface area contributed by atoms with Gasteiger partial charge in [0.25, 0.3) is 17.5 Å². The average molecular weight is 326 g/mol. The molecule has 1 aliphatic heterocycles. The van der Waals surface area contributed by atoms with Gasteiger partial charge in [-0.15, -0.1) is 0 Å². The highest BCUT2D eigenvalue weighted by molar-refractivity contribution is 6.35. The fourth-order valence-corrected chi connectivity index (χ4v) is 2.51. The maximum Gasteiger partial charge on any atom is 0.340 e. The number of non-ortho nitro benzene ring substituents is 1. The van der Waals surface area contributed by atoms with E-state index < -0.39 is 22.7 Å². The van der Waals surface area contributed by atoms with E-state index >= 15 is 0 Å². The van der Waals surface area contributed by atoms with Gasteiger partial charge < -0.3 is 4.74 Å². The van der Waals surface area contributed by atoms with Gasteiger partial charge in [0.05, 0.1) is 34.4 Å². The molecule has 0 saturated carbocycles. The summed E-state index contributed by atoms with van der Waals surface area (Å²) in [6.07, 6.45) is 0. The number of anilines is 1. The summed E-state index contributed by atoms with van der Waals surface area (Å²) >= 11 is 0. The third-order valence-electron chi connectivity index (χ3n) is 3.63. The summed E-state index contributed by atoms with van der Waals surface area (Å²) in [6.45, 7) is 0. The summed E-state index contributed by atoms with van der Waals surface area (Å²) in [7, 11) is 1.13. The number of fused-ring (bicyclic) bond motifs is 1. The standard InChI is InChI=1S/C16H10N2O6/c1-24-16(21)12-7-6-9(18(22)23)8-13(12)17-14(19)10-4-2-3-5-11(10)15(17)20/h2-8H,1H3. The van der Waals surface area contributed by atoms with Gasteiger partial charge >= 0.3 is 5.97 Å². The first-order chi connectivity index (χ1) is 11.5. The van der Waals surface area contributed by atoms with Crippen molar-refractivity contribution in [2.24, 2.45) is 0 Å². The van der Waals surface area contributed by atoms with Gasteiger partial charge in [0.15, 0.2) is 0 Å². The second kappa shape index (κ2) is 5.58. The quantitative estimate of drug-likeness (QED) is 0.370. The van der Waals surface area contributed by atoms with Crippen molar-refractivity contribution >= 4 is 29.2 Å². The molecule has 0 aliphatic carbocycles. The van der Waals surface area contributed by atoms with Crippen molar-refractivity contribution in [3.05, 3.63) is 69.3 Å². The molecule has 3 rings (SSSR count). The number of nitro benzene ring substituents is 1. The van der Waals surface area contributed by atoms with E-state index in [1.54, 1.807) is 12.1 Å². The van der Waals surface area contributed by atoms with Crippen LogP contribution in [0.25, 0.3) is 0 Å². The molecule has 0 saturated heterocycles. The Morgan fingerprint density at radius 1 is 1.08 bits per heavy atom. The number of ether oxygens (including phenoxy) is 1. The van der Waals surface area contributed by atoms with E-state index in [2.05, 4.69) is 4.74 Å². The Bertz CT molecular complexity index is 870. The Labute approximate surface area is 135 Å². The van der Waals surface area contributed by atoms with Gasteiger partial charge in [-0.25, -0.2) is 9.69 Å². The predicted octanol–water partition coefficient (Wildman–Crippen LogP) is 2.18. The Morgan fingerprint density at radius 2 is 1.67 bits per heavy atom. The maximum absolute atomic E-state index is 12.5. The van der Waals surface area contributed by atoms with Crippen molar-refractivity contribution in [1.82, 2.24) is 0 Å². The highest BCUT2D eigenvalue weighted by Crippen LogP contribution is 2.33. The zero-order chi connectivity index (χ0) is 17.4. The molecule has 1 heterocycles. The molecule has 8 nitrogen and oxygen atoms in total. The van der Waals surface area contributed by atoms with Crippen LogP contribution in [0, 0.1) is 10.1 Å². The van der Waals surface area contributed by atoms with Crippen molar-refractivity contribution in [3.8, 4) is 0 Å². The van der Waals surface area contributed by atoms with E-state index in [1.165, 1.54) is 12.1 Å². The fourth-order valence-electron chi connectivity index (χ4n) is 2.51. The molecule has 1 aliphatic rings. The number of methoxy groups -OCH3 is 1. The largest absolute Gasteiger partial charge is 0.465 e. The van der Waals surface area contributed by atoms with Crippen LogP contribution in [0.2, 0.25) is 0 Å². The molecule has 8 heteroatoms. The van der Waals surface area contributed by atoms with Crippen LogP contribution in [0.3, 0.4) is 0 Å². The Balaban J connectivity index is 2.20. The number of nitrogens with zero attached hydrogens (tertiary/aromatic N) is 2. The van der Waals surface area contributed by atoms with Crippen LogP contribution in [0.4, 0.5) is 11.4 Å². The number of carbonyl (C=O) groups is 3. The lowest BCUT2D eigenvalue weighted by Crippen LogP contribution is -2.31. The molecule has 2 amide bonds. The zero-order valence-electron chi connectivity index (χ0n) is 12.4.